The van der Waals surface area contributed by atoms with E-state index >= 15 is 0 Å². The van der Waals surface area contributed by atoms with Crippen molar-refractivity contribution in [3.8, 4) is 0 Å². The van der Waals surface area contributed by atoms with Gasteiger partial charge in [0.05, 0.1) is 5.92 Å². The molecule has 0 spiro atoms. The third-order valence-electron chi connectivity index (χ3n) is 2.78. The molecule has 2 N–H and O–H groups in total. The highest BCUT2D eigenvalue weighted by molar-refractivity contribution is 5.85. The first-order valence-corrected chi connectivity index (χ1v) is 6.38. The third-order valence-corrected chi connectivity index (χ3v) is 2.78. The average molecular weight is 297 g/mol. The minimum Gasteiger partial charge on any atom is -0.347 e. The summed E-state index contributed by atoms with van der Waals surface area (Å²) in [6.45, 7) is -0.247. The molecular weight excluding hydrogens is 275 g/mol. The third kappa shape index (κ3) is 6.74. The van der Waals surface area contributed by atoms with Crippen LogP contribution in [0.3, 0.4) is 0 Å². The van der Waals surface area contributed by atoms with Crippen molar-refractivity contribution in [2.24, 2.45) is 11.7 Å². The van der Waals surface area contributed by atoms with Crippen LogP contribution in [0.5, 0.6) is 0 Å². The van der Waals surface area contributed by atoms with Gasteiger partial charge in [0.1, 0.15) is 13.1 Å². The van der Waals surface area contributed by atoms with Crippen molar-refractivity contribution in [1.29, 1.82) is 0 Å². The van der Waals surface area contributed by atoms with Crippen LogP contribution in [0.15, 0.2) is 0 Å². The van der Waals surface area contributed by atoms with Crippen molar-refractivity contribution < 1.29 is 22.8 Å². The first-order chi connectivity index (χ1) is 9.12. The van der Waals surface area contributed by atoms with Crippen molar-refractivity contribution in [2.45, 2.75) is 25.9 Å². The molecule has 20 heavy (non-hydrogen) atoms. The second-order valence-electron chi connectivity index (χ2n) is 4.82. The predicted molar refractivity (Wildman–Crippen MR) is 68.8 cm³/mol. The van der Waals surface area contributed by atoms with Gasteiger partial charge in [0, 0.05) is 20.6 Å². The standard InChI is InChI=1S/C12H22F3N3O2/c1-4-5-9(6-16)11(20)18(8-12(13,14)15)7-10(19)17(2)3/h9H,4-8,16H2,1-3H3. The minimum absolute atomic E-state index is 0.0306. The molecule has 0 saturated carbocycles. The maximum absolute atomic E-state index is 12.5. The van der Waals surface area contributed by atoms with Crippen LogP contribution in [-0.4, -0.2) is 61.5 Å². The van der Waals surface area contributed by atoms with E-state index < -0.39 is 37.0 Å². The summed E-state index contributed by atoms with van der Waals surface area (Å²) in [4.78, 5) is 25.3. The highest BCUT2D eigenvalue weighted by Crippen LogP contribution is 2.19. The highest BCUT2D eigenvalue weighted by atomic mass is 19.4. The van der Waals surface area contributed by atoms with E-state index in [1.54, 1.807) is 0 Å². The number of carbonyl (C=O) groups excluding carboxylic acids is 2. The molecule has 0 aromatic rings. The molecule has 0 rings (SSSR count). The van der Waals surface area contributed by atoms with Crippen molar-refractivity contribution in [2.75, 3.05) is 33.7 Å². The number of carbonyl (C=O) groups is 2. The van der Waals surface area contributed by atoms with E-state index in [-0.39, 0.29) is 6.54 Å². The highest BCUT2D eigenvalue weighted by Gasteiger charge is 2.36. The van der Waals surface area contributed by atoms with E-state index in [4.69, 9.17) is 5.73 Å². The zero-order valence-corrected chi connectivity index (χ0v) is 12.0. The molecule has 0 saturated heterocycles. The Bertz CT molecular complexity index is 332. The molecule has 0 aliphatic heterocycles. The van der Waals surface area contributed by atoms with E-state index in [1.807, 2.05) is 6.92 Å². The smallest absolute Gasteiger partial charge is 0.347 e. The Morgan fingerprint density at radius 1 is 1.25 bits per heavy atom. The number of rotatable bonds is 7. The molecule has 0 aromatic carbocycles. The Hall–Kier alpha value is -1.31. The molecule has 1 unspecified atom stereocenters. The molecule has 0 radical (unpaired) electrons. The Morgan fingerprint density at radius 2 is 1.80 bits per heavy atom. The van der Waals surface area contributed by atoms with Gasteiger partial charge in [0.25, 0.3) is 0 Å². The van der Waals surface area contributed by atoms with Gasteiger partial charge in [0.15, 0.2) is 0 Å². The minimum atomic E-state index is -4.55. The summed E-state index contributed by atoms with van der Waals surface area (Å²) in [5, 5.41) is 0. The lowest BCUT2D eigenvalue weighted by atomic mass is 10.0. The normalized spacial score (nSPS) is 12.9. The van der Waals surface area contributed by atoms with Crippen LogP contribution in [0.1, 0.15) is 19.8 Å². The molecule has 2 amide bonds. The SMILES string of the molecule is CCCC(CN)C(=O)N(CC(=O)N(C)C)CC(F)(F)F. The topological polar surface area (TPSA) is 66.6 Å². The largest absolute Gasteiger partial charge is 0.406 e. The lowest BCUT2D eigenvalue weighted by Crippen LogP contribution is -2.48. The monoisotopic (exact) mass is 297 g/mol. The van der Waals surface area contributed by atoms with Crippen LogP contribution in [0, 0.1) is 5.92 Å². The van der Waals surface area contributed by atoms with Gasteiger partial charge in [0.2, 0.25) is 11.8 Å². The van der Waals surface area contributed by atoms with E-state index in [0.717, 1.165) is 4.90 Å². The average Bonchev–Trinajstić information content (AvgIpc) is 2.32. The summed E-state index contributed by atoms with van der Waals surface area (Å²) in [6, 6.07) is 0. The number of nitrogens with two attached hydrogens (primary N) is 1. The fraction of sp³-hybridized carbons (Fsp3) is 0.833. The van der Waals surface area contributed by atoms with Crippen LogP contribution in [0.4, 0.5) is 13.2 Å². The summed E-state index contributed by atoms with van der Waals surface area (Å²) in [5.74, 6) is -1.96. The number of hydrogen-bond donors (Lipinski definition) is 1. The lowest BCUT2D eigenvalue weighted by Gasteiger charge is -2.28. The lowest BCUT2D eigenvalue weighted by molar-refractivity contribution is -0.166. The predicted octanol–water partition coefficient (Wildman–Crippen LogP) is 0.841. The van der Waals surface area contributed by atoms with Gasteiger partial charge in [-0.25, -0.2) is 0 Å². The molecule has 0 fully saturated rings. The number of amides is 2. The molecule has 1 atom stereocenters. The van der Waals surface area contributed by atoms with Gasteiger partial charge in [-0.05, 0) is 6.42 Å². The van der Waals surface area contributed by atoms with E-state index in [1.165, 1.54) is 14.1 Å². The molecule has 5 nitrogen and oxygen atoms in total. The second kappa shape index (κ2) is 8.08. The van der Waals surface area contributed by atoms with Gasteiger partial charge >= 0.3 is 6.18 Å². The number of nitrogens with zero attached hydrogens (tertiary/aromatic N) is 2. The summed E-state index contributed by atoms with van der Waals surface area (Å²) in [7, 11) is 2.84. The molecule has 8 heteroatoms. The number of alkyl halides is 3. The zero-order chi connectivity index (χ0) is 15.9. The molecular formula is C12H22F3N3O2. The Balaban J connectivity index is 4.99. The van der Waals surface area contributed by atoms with Crippen LogP contribution in [0.25, 0.3) is 0 Å². The van der Waals surface area contributed by atoms with Gasteiger partial charge < -0.3 is 15.5 Å². The van der Waals surface area contributed by atoms with Crippen LogP contribution >= 0.6 is 0 Å². The fourth-order valence-corrected chi connectivity index (χ4v) is 1.68. The van der Waals surface area contributed by atoms with Crippen molar-refractivity contribution in [3.63, 3.8) is 0 Å². The molecule has 0 aliphatic rings. The summed E-state index contributed by atoms with van der Waals surface area (Å²) in [5.41, 5.74) is 5.43. The maximum atomic E-state index is 12.5. The van der Waals surface area contributed by atoms with Gasteiger partial charge in [-0.3, -0.25) is 9.59 Å². The van der Waals surface area contributed by atoms with Gasteiger partial charge in [-0.1, -0.05) is 13.3 Å². The van der Waals surface area contributed by atoms with Crippen molar-refractivity contribution in [1.82, 2.24) is 9.80 Å². The Morgan fingerprint density at radius 3 is 2.15 bits per heavy atom. The van der Waals surface area contributed by atoms with Crippen LogP contribution in [-0.2, 0) is 9.59 Å². The maximum Gasteiger partial charge on any atom is 0.406 e. The molecule has 118 valence electrons. The zero-order valence-electron chi connectivity index (χ0n) is 12.0. The quantitative estimate of drug-likeness (QED) is 0.757. The number of likely N-dealkylation sites (N-methyl/N-ethyl adjacent to an activating group) is 1. The summed E-state index contributed by atoms with van der Waals surface area (Å²) < 4.78 is 37.6. The van der Waals surface area contributed by atoms with E-state index in [2.05, 4.69) is 0 Å². The first-order valence-electron chi connectivity index (χ1n) is 6.38. The summed E-state index contributed by atoms with van der Waals surface area (Å²) >= 11 is 0. The van der Waals surface area contributed by atoms with E-state index in [0.29, 0.717) is 17.7 Å². The van der Waals surface area contributed by atoms with Gasteiger partial charge in [-0.2, -0.15) is 13.2 Å². The first kappa shape index (κ1) is 18.7. The molecule has 0 aromatic heterocycles. The second-order valence-corrected chi connectivity index (χ2v) is 4.82. The fourth-order valence-electron chi connectivity index (χ4n) is 1.68. The Kier molecular flexibility index (Phi) is 7.55. The molecule has 0 aliphatic carbocycles. The Labute approximate surface area is 116 Å². The van der Waals surface area contributed by atoms with Crippen LogP contribution < -0.4 is 5.73 Å². The van der Waals surface area contributed by atoms with E-state index in [9.17, 15) is 22.8 Å². The van der Waals surface area contributed by atoms with Gasteiger partial charge in [-0.15, -0.1) is 0 Å². The number of hydrogen-bond acceptors (Lipinski definition) is 3. The molecule has 0 heterocycles. The van der Waals surface area contributed by atoms with Crippen molar-refractivity contribution >= 4 is 11.8 Å². The van der Waals surface area contributed by atoms with Crippen molar-refractivity contribution in [3.05, 3.63) is 0 Å². The summed E-state index contributed by atoms with van der Waals surface area (Å²) in [6.07, 6.45) is -3.51. The number of halogens is 3. The molecule has 0 bridgehead atoms. The van der Waals surface area contributed by atoms with Crippen LogP contribution in [0.2, 0.25) is 0 Å².